The molecule has 0 unspecified atom stereocenters. The quantitative estimate of drug-likeness (QED) is 0.716. The van der Waals surface area contributed by atoms with Crippen LogP contribution in [0.3, 0.4) is 0 Å². The Morgan fingerprint density at radius 1 is 1.31 bits per heavy atom. The normalized spacial score (nSPS) is 19.2. The Hall–Kier alpha value is -1.38. The molecule has 66 valence electrons. The van der Waals surface area contributed by atoms with Crippen molar-refractivity contribution in [1.82, 2.24) is 15.4 Å². The summed E-state index contributed by atoms with van der Waals surface area (Å²) in [4.78, 5) is 0. The SMILES string of the molecule is CC1(c2cccc3n[nH]nc23)CC1. The van der Waals surface area contributed by atoms with Crippen LogP contribution >= 0.6 is 0 Å². The van der Waals surface area contributed by atoms with Gasteiger partial charge in [0.25, 0.3) is 0 Å². The first-order valence-electron chi connectivity index (χ1n) is 4.60. The Morgan fingerprint density at radius 2 is 2.15 bits per heavy atom. The number of aromatic nitrogens is 3. The molecule has 0 aliphatic heterocycles. The standard InChI is InChI=1S/C10H11N3/c1-10(5-6-10)7-3-2-4-8-9(7)12-13-11-8/h2-4H,5-6H2,1H3,(H,11,12,13). The molecule has 0 saturated heterocycles. The molecule has 1 aromatic heterocycles. The first-order chi connectivity index (χ1) is 6.30. The lowest BCUT2D eigenvalue weighted by molar-refractivity contribution is 0.792. The number of fused-ring (bicyclic) bond motifs is 1. The fourth-order valence-electron chi connectivity index (χ4n) is 1.81. The van der Waals surface area contributed by atoms with Gasteiger partial charge < -0.3 is 0 Å². The van der Waals surface area contributed by atoms with Crippen molar-refractivity contribution >= 4 is 11.0 Å². The van der Waals surface area contributed by atoms with Crippen LogP contribution in [-0.2, 0) is 5.41 Å². The number of hydrogen-bond donors (Lipinski definition) is 1. The van der Waals surface area contributed by atoms with Crippen molar-refractivity contribution in [2.75, 3.05) is 0 Å². The number of H-pyrrole nitrogens is 1. The van der Waals surface area contributed by atoms with E-state index >= 15 is 0 Å². The van der Waals surface area contributed by atoms with E-state index in [9.17, 15) is 0 Å². The number of aromatic amines is 1. The summed E-state index contributed by atoms with van der Waals surface area (Å²) in [5.74, 6) is 0. The average Bonchev–Trinajstić information content (AvgIpc) is 2.72. The Labute approximate surface area is 76.2 Å². The van der Waals surface area contributed by atoms with Crippen molar-refractivity contribution in [2.24, 2.45) is 0 Å². The zero-order valence-corrected chi connectivity index (χ0v) is 7.54. The van der Waals surface area contributed by atoms with Crippen LogP contribution in [0.25, 0.3) is 11.0 Å². The molecule has 0 bridgehead atoms. The highest BCUT2D eigenvalue weighted by Gasteiger charge is 2.40. The third kappa shape index (κ3) is 0.899. The lowest BCUT2D eigenvalue weighted by Crippen LogP contribution is -2.00. The van der Waals surface area contributed by atoms with Gasteiger partial charge in [0.05, 0.1) is 0 Å². The maximum Gasteiger partial charge on any atom is 0.116 e. The maximum absolute atomic E-state index is 4.19. The van der Waals surface area contributed by atoms with Gasteiger partial charge in [-0.05, 0) is 29.9 Å². The molecule has 1 N–H and O–H groups in total. The van der Waals surface area contributed by atoms with Crippen molar-refractivity contribution < 1.29 is 0 Å². The van der Waals surface area contributed by atoms with E-state index in [0.717, 1.165) is 11.0 Å². The van der Waals surface area contributed by atoms with E-state index in [1.807, 2.05) is 6.07 Å². The molecule has 2 aromatic rings. The number of hydrogen-bond acceptors (Lipinski definition) is 2. The molecule has 1 aliphatic rings. The van der Waals surface area contributed by atoms with Crippen LogP contribution in [0.5, 0.6) is 0 Å². The summed E-state index contributed by atoms with van der Waals surface area (Å²) in [6.45, 7) is 2.29. The number of nitrogens with one attached hydrogen (secondary N) is 1. The van der Waals surface area contributed by atoms with Crippen LogP contribution < -0.4 is 0 Å². The number of para-hydroxylation sites is 1. The lowest BCUT2D eigenvalue weighted by atomic mass is 9.97. The molecule has 0 amide bonds. The second-order valence-corrected chi connectivity index (χ2v) is 4.06. The highest BCUT2D eigenvalue weighted by molar-refractivity contribution is 5.79. The first kappa shape index (κ1) is 7.06. The molecular formula is C10H11N3. The van der Waals surface area contributed by atoms with E-state index in [1.165, 1.54) is 18.4 Å². The van der Waals surface area contributed by atoms with E-state index in [4.69, 9.17) is 0 Å². The predicted molar refractivity (Wildman–Crippen MR) is 50.5 cm³/mol. The van der Waals surface area contributed by atoms with E-state index in [0.29, 0.717) is 5.41 Å². The molecule has 3 nitrogen and oxygen atoms in total. The highest BCUT2D eigenvalue weighted by Crippen LogP contribution is 2.49. The smallest absolute Gasteiger partial charge is 0.116 e. The van der Waals surface area contributed by atoms with Gasteiger partial charge in [-0.2, -0.15) is 15.4 Å². The van der Waals surface area contributed by atoms with Gasteiger partial charge in [0, 0.05) is 0 Å². The number of benzene rings is 1. The minimum Gasteiger partial charge on any atom is -0.197 e. The fraction of sp³-hybridized carbons (Fsp3) is 0.400. The molecule has 3 rings (SSSR count). The fourth-order valence-corrected chi connectivity index (χ4v) is 1.81. The van der Waals surface area contributed by atoms with Crippen molar-refractivity contribution in [3.63, 3.8) is 0 Å². The predicted octanol–water partition coefficient (Wildman–Crippen LogP) is 2.01. The van der Waals surface area contributed by atoms with Gasteiger partial charge >= 0.3 is 0 Å². The molecule has 1 saturated carbocycles. The zero-order chi connectivity index (χ0) is 8.89. The summed E-state index contributed by atoms with van der Waals surface area (Å²) < 4.78 is 0. The molecular weight excluding hydrogens is 162 g/mol. The molecule has 0 atom stereocenters. The van der Waals surface area contributed by atoms with Crippen molar-refractivity contribution in [3.05, 3.63) is 23.8 Å². The van der Waals surface area contributed by atoms with Crippen LogP contribution in [0.1, 0.15) is 25.3 Å². The number of rotatable bonds is 1. The Kier molecular flexibility index (Phi) is 1.14. The van der Waals surface area contributed by atoms with E-state index in [2.05, 4.69) is 34.5 Å². The Morgan fingerprint density at radius 3 is 2.92 bits per heavy atom. The summed E-state index contributed by atoms with van der Waals surface area (Å²) >= 11 is 0. The molecule has 3 heteroatoms. The molecule has 0 radical (unpaired) electrons. The van der Waals surface area contributed by atoms with Crippen molar-refractivity contribution in [3.8, 4) is 0 Å². The lowest BCUT2D eigenvalue weighted by Gasteiger charge is -2.07. The zero-order valence-electron chi connectivity index (χ0n) is 7.54. The van der Waals surface area contributed by atoms with Gasteiger partial charge in [-0.3, -0.25) is 0 Å². The molecule has 1 heterocycles. The summed E-state index contributed by atoms with van der Waals surface area (Å²) in [5.41, 5.74) is 3.74. The van der Waals surface area contributed by atoms with Gasteiger partial charge in [0.15, 0.2) is 0 Å². The average molecular weight is 173 g/mol. The topological polar surface area (TPSA) is 41.6 Å². The van der Waals surface area contributed by atoms with E-state index in [-0.39, 0.29) is 0 Å². The number of nitrogens with zero attached hydrogens (tertiary/aromatic N) is 2. The molecule has 1 aliphatic carbocycles. The molecule has 1 fully saturated rings. The monoisotopic (exact) mass is 173 g/mol. The van der Waals surface area contributed by atoms with Gasteiger partial charge in [0.2, 0.25) is 0 Å². The van der Waals surface area contributed by atoms with Crippen molar-refractivity contribution in [2.45, 2.75) is 25.2 Å². The van der Waals surface area contributed by atoms with E-state index < -0.39 is 0 Å². The van der Waals surface area contributed by atoms with Crippen LogP contribution in [0.15, 0.2) is 18.2 Å². The summed E-state index contributed by atoms with van der Waals surface area (Å²) in [6, 6.07) is 6.22. The van der Waals surface area contributed by atoms with Crippen LogP contribution in [-0.4, -0.2) is 15.4 Å². The molecule has 0 spiro atoms. The molecule has 1 aromatic carbocycles. The summed E-state index contributed by atoms with van der Waals surface area (Å²) in [5, 5.41) is 11.0. The second-order valence-electron chi connectivity index (χ2n) is 4.06. The Bertz CT molecular complexity index is 454. The minimum atomic E-state index is 0.371. The van der Waals surface area contributed by atoms with Crippen LogP contribution in [0.4, 0.5) is 0 Å². The van der Waals surface area contributed by atoms with Gasteiger partial charge in [-0.1, -0.05) is 19.1 Å². The third-order valence-corrected chi connectivity index (χ3v) is 3.00. The van der Waals surface area contributed by atoms with Gasteiger partial charge in [-0.25, -0.2) is 0 Å². The molecule has 13 heavy (non-hydrogen) atoms. The first-order valence-corrected chi connectivity index (χ1v) is 4.60. The van der Waals surface area contributed by atoms with Gasteiger partial charge in [0.1, 0.15) is 11.0 Å². The summed E-state index contributed by atoms with van der Waals surface area (Å²) in [7, 11) is 0. The third-order valence-electron chi connectivity index (χ3n) is 3.00. The maximum atomic E-state index is 4.19. The largest absolute Gasteiger partial charge is 0.197 e. The van der Waals surface area contributed by atoms with Crippen molar-refractivity contribution in [1.29, 1.82) is 0 Å². The highest BCUT2D eigenvalue weighted by atomic mass is 15.3. The van der Waals surface area contributed by atoms with Gasteiger partial charge in [-0.15, -0.1) is 0 Å². The Balaban J connectivity index is 2.33. The summed E-state index contributed by atoms with van der Waals surface area (Å²) in [6.07, 6.45) is 2.55. The van der Waals surface area contributed by atoms with Crippen LogP contribution in [0, 0.1) is 0 Å². The minimum absolute atomic E-state index is 0.371. The van der Waals surface area contributed by atoms with E-state index in [1.54, 1.807) is 0 Å². The van der Waals surface area contributed by atoms with Crippen LogP contribution in [0.2, 0.25) is 0 Å². The second kappa shape index (κ2) is 2.10.